The van der Waals surface area contributed by atoms with E-state index in [0.717, 1.165) is 5.56 Å². The van der Waals surface area contributed by atoms with Crippen LogP contribution in [0.3, 0.4) is 0 Å². The van der Waals surface area contributed by atoms with Gasteiger partial charge in [0.1, 0.15) is 11.6 Å². The number of aliphatic imine (C=N–C) groups is 1. The van der Waals surface area contributed by atoms with Crippen LogP contribution in [-0.2, 0) is 16.8 Å². The summed E-state index contributed by atoms with van der Waals surface area (Å²) in [7, 11) is 0. The first-order valence-corrected chi connectivity index (χ1v) is 10.6. The topological polar surface area (TPSA) is 127 Å². The number of furan rings is 1. The number of amides is 2. The second kappa shape index (κ2) is 9.08. The van der Waals surface area contributed by atoms with E-state index >= 15 is 0 Å². The van der Waals surface area contributed by atoms with Crippen LogP contribution in [-0.4, -0.2) is 41.7 Å². The predicted molar refractivity (Wildman–Crippen MR) is 126 cm³/mol. The lowest BCUT2D eigenvalue weighted by Gasteiger charge is -2.38. The molecular formula is C23H28ClN5O3. The average molecular weight is 458 g/mol. The van der Waals surface area contributed by atoms with Gasteiger partial charge < -0.3 is 26.1 Å². The van der Waals surface area contributed by atoms with Crippen molar-refractivity contribution in [1.82, 2.24) is 10.2 Å². The van der Waals surface area contributed by atoms with Gasteiger partial charge in [0.2, 0.25) is 5.91 Å². The first-order valence-electron chi connectivity index (χ1n) is 10.2. The summed E-state index contributed by atoms with van der Waals surface area (Å²) in [5.41, 5.74) is 14.1. The highest BCUT2D eigenvalue weighted by atomic mass is 35.5. The van der Waals surface area contributed by atoms with Crippen molar-refractivity contribution in [1.29, 1.82) is 0 Å². The SMILES string of the molecule is C=CC(=O)N1CC(NC(=O)c2ccc(CN=C(N)c3cc(C(C)(C)C)c(Cl)cc3N)o2)C1. The number of nitrogens with two attached hydrogens (primary N) is 2. The lowest BCUT2D eigenvalue weighted by atomic mass is 9.85. The molecule has 1 fully saturated rings. The molecule has 170 valence electrons. The molecule has 2 aromatic rings. The second-order valence-electron chi connectivity index (χ2n) is 8.75. The first-order chi connectivity index (χ1) is 15.0. The molecule has 0 atom stereocenters. The Morgan fingerprint density at radius 2 is 2.03 bits per heavy atom. The molecule has 0 aliphatic carbocycles. The summed E-state index contributed by atoms with van der Waals surface area (Å²) in [6.45, 7) is 10.6. The van der Waals surface area contributed by atoms with E-state index in [2.05, 4.69) is 37.7 Å². The summed E-state index contributed by atoms with van der Waals surface area (Å²) >= 11 is 6.34. The van der Waals surface area contributed by atoms with Gasteiger partial charge in [0.05, 0.1) is 12.6 Å². The third kappa shape index (κ3) is 5.13. The van der Waals surface area contributed by atoms with Crippen molar-refractivity contribution in [2.24, 2.45) is 10.7 Å². The monoisotopic (exact) mass is 457 g/mol. The Hall–Kier alpha value is -3.26. The number of carbonyl (C=O) groups is 2. The fourth-order valence-electron chi connectivity index (χ4n) is 3.35. The van der Waals surface area contributed by atoms with Crippen molar-refractivity contribution in [2.45, 2.75) is 38.8 Å². The summed E-state index contributed by atoms with van der Waals surface area (Å²) in [5.74, 6) is 0.415. The molecule has 32 heavy (non-hydrogen) atoms. The van der Waals surface area contributed by atoms with Gasteiger partial charge in [-0.1, -0.05) is 39.0 Å². The quantitative estimate of drug-likeness (QED) is 0.266. The molecule has 1 aromatic carbocycles. The number of hydrogen-bond acceptors (Lipinski definition) is 5. The van der Waals surface area contributed by atoms with Crippen molar-refractivity contribution in [3.63, 3.8) is 0 Å². The maximum atomic E-state index is 12.4. The normalized spacial score (nSPS) is 14.8. The zero-order chi connectivity index (χ0) is 23.6. The van der Waals surface area contributed by atoms with E-state index in [4.69, 9.17) is 27.5 Å². The molecule has 1 aliphatic rings. The Kier molecular flexibility index (Phi) is 6.64. The number of amidine groups is 1. The zero-order valence-corrected chi connectivity index (χ0v) is 19.2. The number of halogens is 1. The molecule has 1 aliphatic heterocycles. The maximum absolute atomic E-state index is 12.4. The molecule has 0 bridgehead atoms. The highest BCUT2D eigenvalue weighted by molar-refractivity contribution is 6.32. The van der Waals surface area contributed by atoms with Crippen LogP contribution in [0.2, 0.25) is 5.02 Å². The van der Waals surface area contributed by atoms with Crippen molar-refractivity contribution in [2.75, 3.05) is 18.8 Å². The molecule has 2 amide bonds. The van der Waals surface area contributed by atoms with Crippen molar-refractivity contribution >= 4 is 34.9 Å². The maximum Gasteiger partial charge on any atom is 0.287 e. The fourth-order valence-corrected chi connectivity index (χ4v) is 3.81. The Labute approximate surface area is 192 Å². The number of likely N-dealkylation sites (tertiary alicyclic amines) is 1. The third-order valence-corrected chi connectivity index (χ3v) is 5.53. The number of hydrogen-bond donors (Lipinski definition) is 3. The summed E-state index contributed by atoms with van der Waals surface area (Å²) in [4.78, 5) is 29.8. The molecule has 0 spiro atoms. The molecule has 9 heteroatoms. The van der Waals surface area contributed by atoms with Crippen LogP contribution in [0.4, 0.5) is 5.69 Å². The first kappa shape index (κ1) is 23.4. The van der Waals surface area contributed by atoms with Crippen LogP contribution in [0.15, 0.2) is 46.3 Å². The summed E-state index contributed by atoms with van der Waals surface area (Å²) in [6, 6.07) is 6.68. The molecular weight excluding hydrogens is 430 g/mol. The highest BCUT2D eigenvalue weighted by Gasteiger charge is 2.31. The van der Waals surface area contributed by atoms with Crippen LogP contribution in [0, 0.1) is 0 Å². The van der Waals surface area contributed by atoms with E-state index in [1.807, 2.05) is 6.07 Å². The molecule has 8 nitrogen and oxygen atoms in total. The minimum Gasteiger partial charge on any atom is -0.454 e. The number of nitrogens with one attached hydrogen (secondary N) is 1. The van der Waals surface area contributed by atoms with Crippen LogP contribution >= 0.6 is 11.6 Å². The van der Waals surface area contributed by atoms with Crippen molar-refractivity contribution < 1.29 is 14.0 Å². The second-order valence-corrected chi connectivity index (χ2v) is 9.16. The largest absolute Gasteiger partial charge is 0.454 e. The van der Waals surface area contributed by atoms with Crippen LogP contribution in [0.5, 0.6) is 0 Å². The standard InChI is InChI=1S/C23H28ClN5O3/c1-5-20(30)29-11-13(12-29)28-22(31)19-7-6-14(32-19)10-27-21(26)15-8-16(23(2,3)4)17(24)9-18(15)25/h5-9,13H,1,10-12,25H2,2-4H3,(H2,26,27)(H,28,31). The molecule has 0 radical (unpaired) electrons. The van der Waals surface area contributed by atoms with E-state index in [9.17, 15) is 9.59 Å². The number of carbonyl (C=O) groups excluding carboxylic acids is 2. The number of anilines is 1. The van der Waals surface area contributed by atoms with Crippen molar-refractivity contribution in [3.8, 4) is 0 Å². The molecule has 1 aromatic heterocycles. The molecule has 0 unspecified atom stereocenters. The molecule has 0 saturated carbocycles. The van der Waals surface area contributed by atoms with E-state index in [-0.39, 0.29) is 41.4 Å². The zero-order valence-electron chi connectivity index (χ0n) is 18.4. The lowest BCUT2D eigenvalue weighted by Crippen LogP contribution is -2.60. The lowest BCUT2D eigenvalue weighted by molar-refractivity contribution is -0.130. The molecule has 5 N–H and O–H groups in total. The Morgan fingerprint density at radius 3 is 2.66 bits per heavy atom. The highest BCUT2D eigenvalue weighted by Crippen LogP contribution is 2.33. The van der Waals surface area contributed by atoms with Crippen LogP contribution in [0.1, 0.15) is 48.2 Å². The van der Waals surface area contributed by atoms with Gasteiger partial charge in [0, 0.05) is 29.4 Å². The summed E-state index contributed by atoms with van der Waals surface area (Å²) in [6.07, 6.45) is 1.25. The number of nitrogen functional groups attached to an aromatic ring is 1. The van der Waals surface area contributed by atoms with Gasteiger partial charge in [-0.3, -0.25) is 14.6 Å². The van der Waals surface area contributed by atoms with Crippen LogP contribution < -0.4 is 16.8 Å². The van der Waals surface area contributed by atoms with Gasteiger partial charge >= 0.3 is 0 Å². The smallest absolute Gasteiger partial charge is 0.287 e. The van der Waals surface area contributed by atoms with E-state index in [1.165, 1.54) is 6.08 Å². The minimum atomic E-state index is -0.347. The summed E-state index contributed by atoms with van der Waals surface area (Å²) in [5, 5.41) is 3.41. The molecule has 3 rings (SSSR count). The predicted octanol–water partition coefficient (Wildman–Crippen LogP) is 2.84. The van der Waals surface area contributed by atoms with Crippen LogP contribution in [0.25, 0.3) is 0 Å². The number of nitrogens with zero attached hydrogens (tertiary/aromatic N) is 2. The van der Waals surface area contributed by atoms with Gasteiger partial charge in [0.25, 0.3) is 5.91 Å². The minimum absolute atomic E-state index is 0.112. The third-order valence-electron chi connectivity index (χ3n) is 5.22. The van der Waals surface area contributed by atoms with Gasteiger partial charge in [-0.15, -0.1) is 0 Å². The molecule has 2 heterocycles. The Balaban J connectivity index is 1.64. The number of rotatable bonds is 6. The average Bonchev–Trinajstić information content (AvgIpc) is 3.16. The van der Waals surface area contributed by atoms with Crippen molar-refractivity contribution in [3.05, 3.63) is 64.6 Å². The number of benzene rings is 1. The van der Waals surface area contributed by atoms with E-state index < -0.39 is 0 Å². The Morgan fingerprint density at radius 1 is 1.34 bits per heavy atom. The van der Waals surface area contributed by atoms with Gasteiger partial charge in [-0.25, -0.2) is 0 Å². The molecule has 1 saturated heterocycles. The van der Waals surface area contributed by atoms with Gasteiger partial charge in [-0.2, -0.15) is 0 Å². The van der Waals surface area contributed by atoms with Gasteiger partial charge in [-0.05, 0) is 41.3 Å². The van der Waals surface area contributed by atoms with E-state index in [1.54, 1.807) is 23.1 Å². The van der Waals surface area contributed by atoms with Gasteiger partial charge in [0.15, 0.2) is 5.76 Å². The summed E-state index contributed by atoms with van der Waals surface area (Å²) < 4.78 is 5.60. The Bertz CT molecular complexity index is 1080. The van der Waals surface area contributed by atoms with E-state index in [0.29, 0.717) is 35.1 Å². The fraction of sp³-hybridized carbons (Fsp3) is 0.348.